The lowest BCUT2D eigenvalue weighted by Crippen LogP contribution is -2.44. The first-order valence-corrected chi connectivity index (χ1v) is 13.2. The largest absolute Gasteiger partial charge is 0.496 e. The van der Waals surface area contributed by atoms with E-state index in [2.05, 4.69) is 98.8 Å². The lowest BCUT2D eigenvalue weighted by atomic mass is 9.78. The van der Waals surface area contributed by atoms with Gasteiger partial charge in [0.05, 0.1) is 7.11 Å². The van der Waals surface area contributed by atoms with E-state index in [1.807, 2.05) is 13.8 Å². The van der Waals surface area contributed by atoms with E-state index in [0.29, 0.717) is 13.3 Å². The predicted octanol–water partition coefficient (Wildman–Crippen LogP) is 7.15. The molecule has 3 N–H and O–H groups in total. The quantitative estimate of drug-likeness (QED) is 0.301. The molecule has 0 fully saturated rings. The molecule has 0 atom stereocenters. The monoisotopic (exact) mass is 496 g/mol. The van der Waals surface area contributed by atoms with Gasteiger partial charge >= 0.3 is 0 Å². The van der Waals surface area contributed by atoms with Crippen LogP contribution in [0.1, 0.15) is 110 Å². The molecule has 0 bridgehead atoms. The number of hydrogen-bond donors (Lipinski definition) is 2. The Kier molecular flexibility index (Phi) is 9.01. The maximum absolute atomic E-state index is 6.36. The van der Waals surface area contributed by atoms with Crippen LogP contribution in [0.15, 0.2) is 24.3 Å². The molecule has 0 saturated heterocycles. The van der Waals surface area contributed by atoms with E-state index >= 15 is 0 Å². The average Bonchev–Trinajstić information content (AvgIpc) is 2.69. The van der Waals surface area contributed by atoms with E-state index in [4.69, 9.17) is 15.2 Å². The van der Waals surface area contributed by atoms with Crippen molar-refractivity contribution in [2.24, 2.45) is 5.73 Å². The van der Waals surface area contributed by atoms with Gasteiger partial charge in [-0.25, -0.2) is 0 Å². The molecule has 0 radical (unpaired) electrons. The van der Waals surface area contributed by atoms with Gasteiger partial charge in [-0.15, -0.1) is 0 Å². The number of hydrogen-bond acceptors (Lipinski definition) is 4. The Morgan fingerprint density at radius 1 is 0.722 bits per heavy atom. The van der Waals surface area contributed by atoms with Gasteiger partial charge in [-0.2, -0.15) is 0 Å². The van der Waals surface area contributed by atoms with Crippen LogP contribution in [0.5, 0.6) is 11.5 Å². The van der Waals surface area contributed by atoms with Crippen molar-refractivity contribution >= 4 is 0 Å². The molecule has 2 aromatic carbocycles. The van der Waals surface area contributed by atoms with Crippen LogP contribution in [0, 0.1) is 6.92 Å². The first kappa shape index (κ1) is 30.2. The molecular weight excluding hydrogens is 444 g/mol. The predicted molar refractivity (Wildman–Crippen MR) is 155 cm³/mol. The summed E-state index contributed by atoms with van der Waals surface area (Å²) in [6, 6.07) is 9.23. The lowest BCUT2D eigenvalue weighted by molar-refractivity contribution is 0.266. The second-order valence-electron chi connectivity index (χ2n) is 14.1. The normalized spacial score (nSPS) is 13.2. The van der Waals surface area contributed by atoms with Crippen molar-refractivity contribution in [3.63, 3.8) is 0 Å². The highest BCUT2D eigenvalue weighted by Gasteiger charge is 2.27. The standard InChI is InChI=1S/C32H52N2O2/c1-21-14-24(29(2,3)4)16-22(27(21)36-20-34-19-32(11,12)33)15-23-17-25(30(5,6)7)18-26(28(23)35-13)31(8,9)10/h14,16-18,34H,15,19-20,33H2,1-13H3. The van der Waals surface area contributed by atoms with Crippen molar-refractivity contribution in [2.45, 2.75) is 111 Å². The molecule has 0 aromatic heterocycles. The van der Waals surface area contributed by atoms with E-state index in [-0.39, 0.29) is 21.8 Å². The van der Waals surface area contributed by atoms with Crippen molar-refractivity contribution in [2.75, 3.05) is 20.4 Å². The molecule has 202 valence electrons. The first-order chi connectivity index (χ1) is 16.2. The fourth-order valence-corrected chi connectivity index (χ4v) is 4.37. The summed E-state index contributed by atoms with van der Waals surface area (Å²) in [5.41, 5.74) is 13.3. The van der Waals surface area contributed by atoms with Crippen molar-refractivity contribution in [1.82, 2.24) is 5.32 Å². The van der Waals surface area contributed by atoms with E-state index in [1.54, 1.807) is 7.11 Å². The molecule has 0 heterocycles. The fraction of sp³-hybridized carbons (Fsp3) is 0.625. The van der Waals surface area contributed by atoms with Crippen LogP contribution in [0.2, 0.25) is 0 Å². The zero-order valence-electron chi connectivity index (χ0n) is 25.3. The Hall–Kier alpha value is -2.04. The molecule has 0 amide bonds. The molecule has 0 aliphatic carbocycles. The smallest absolute Gasteiger partial charge is 0.139 e. The Labute approximate surface area is 221 Å². The van der Waals surface area contributed by atoms with Crippen LogP contribution in [0.25, 0.3) is 0 Å². The number of methoxy groups -OCH3 is 1. The molecule has 36 heavy (non-hydrogen) atoms. The molecule has 2 aromatic rings. The average molecular weight is 497 g/mol. The summed E-state index contributed by atoms with van der Waals surface area (Å²) in [5.74, 6) is 1.91. The van der Waals surface area contributed by atoms with E-state index in [9.17, 15) is 0 Å². The topological polar surface area (TPSA) is 56.5 Å². The van der Waals surface area contributed by atoms with Gasteiger partial charge in [0, 0.05) is 24.1 Å². The third kappa shape index (κ3) is 7.98. The highest BCUT2D eigenvalue weighted by Crippen LogP contribution is 2.41. The maximum Gasteiger partial charge on any atom is 0.139 e. The number of benzene rings is 2. The summed E-state index contributed by atoms with van der Waals surface area (Å²) in [7, 11) is 1.79. The van der Waals surface area contributed by atoms with Crippen molar-refractivity contribution in [1.29, 1.82) is 0 Å². The molecule has 0 aliphatic rings. The van der Waals surface area contributed by atoms with Crippen LogP contribution in [0.4, 0.5) is 0 Å². The summed E-state index contributed by atoms with van der Waals surface area (Å²) < 4.78 is 12.4. The molecule has 0 spiro atoms. The van der Waals surface area contributed by atoms with E-state index < -0.39 is 0 Å². The Morgan fingerprint density at radius 2 is 1.22 bits per heavy atom. The van der Waals surface area contributed by atoms with Crippen LogP contribution in [-0.4, -0.2) is 25.9 Å². The van der Waals surface area contributed by atoms with Crippen LogP contribution < -0.4 is 20.5 Å². The number of aryl methyl sites for hydroxylation is 1. The van der Waals surface area contributed by atoms with E-state index in [0.717, 1.165) is 23.5 Å². The third-order valence-electron chi connectivity index (χ3n) is 6.54. The number of rotatable bonds is 8. The molecule has 0 aliphatic heterocycles. The van der Waals surface area contributed by atoms with Gasteiger partial charge in [-0.1, -0.05) is 86.6 Å². The van der Waals surface area contributed by atoms with Gasteiger partial charge in [0.15, 0.2) is 0 Å². The van der Waals surface area contributed by atoms with Gasteiger partial charge in [0.2, 0.25) is 0 Å². The summed E-state index contributed by atoms with van der Waals surface area (Å²) in [6.45, 7) is 27.6. The molecule has 0 unspecified atom stereocenters. The van der Waals surface area contributed by atoms with E-state index in [1.165, 1.54) is 27.8 Å². The minimum Gasteiger partial charge on any atom is -0.496 e. The second-order valence-corrected chi connectivity index (χ2v) is 14.1. The van der Waals surface area contributed by atoms with Crippen LogP contribution in [0.3, 0.4) is 0 Å². The van der Waals surface area contributed by atoms with Crippen LogP contribution >= 0.6 is 0 Å². The number of nitrogens with two attached hydrogens (primary N) is 1. The second kappa shape index (κ2) is 10.8. The number of nitrogens with one attached hydrogen (secondary N) is 1. The van der Waals surface area contributed by atoms with Gasteiger partial charge in [0.1, 0.15) is 18.2 Å². The van der Waals surface area contributed by atoms with Crippen molar-refractivity contribution < 1.29 is 9.47 Å². The highest BCUT2D eigenvalue weighted by atomic mass is 16.5. The number of ether oxygens (including phenoxy) is 2. The zero-order chi connectivity index (χ0) is 27.7. The fourth-order valence-electron chi connectivity index (χ4n) is 4.37. The minimum absolute atomic E-state index is 0.0302. The zero-order valence-corrected chi connectivity index (χ0v) is 25.3. The third-order valence-corrected chi connectivity index (χ3v) is 6.54. The lowest BCUT2D eigenvalue weighted by Gasteiger charge is -2.29. The Balaban J connectivity index is 2.66. The van der Waals surface area contributed by atoms with Gasteiger partial charge in [0.25, 0.3) is 0 Å². The van der Waals surface area contributed by atoms with Gasteiger partial charge in [-0.3, -0.25) is 5.32 Å². The SMILES string of the molecule is COc1c(Cc2cc(C(C)(C)C)cc(C)c2OCNCC(C)(C)N)cc(C(C)(C)C)cc1C(C)(C)C. The molecular formula is C32H52N2O2. The summed E-state index contributed by atoms with van der Waals surface area (Å²) in [5, 5.41) is 3.35. The van der Waals surface area contributed by atoms with Gasteiger partial charge in [-0.05, 0) is 64.8 Å². The summed E-state index contributed by atoms with van der Waals surface area (Å²) in [6.07, 6.45) is 0.735. The molecule has 4 nitrogen and oxygen atoms in total. The Bertz CT molecular complexity index is 1040. The molecule has 2 rings (SSSR count). The molecule has 0 saturated carbocycles. The van der Waals surface area contributed by atoms with Crippen molar-refractivity contribution in [3.05, 3.63) is 57.6 Å². The Morgan fingerprint density at radius 3 is 1.67 bits per heavy atom. The first-order valence-electron chi connectivity index (χ1n) is 13.2. The summed E-state index contributed by atoms with van der Waals surface area (Å²) in [4.78, 5) is 0. The van der Waals surface area contributed by atoms with Crippen molar-refractivity contribution in [3.8, 4) is 11.5 Å². The summed E-state index contributed by atoms with van der Waals surface area (Å²) >= 11 is 0. The maximum atomic E-state index is 6.36. The van der Waals surface area contributed by atoms with Crippen LogP contribution in [-0.2, 0) is 22.7 Å². The van der Waals surface area contributed by atoms with Gasteiger partial charge < -0.3 is 15.2 Å². The molecule has 4 heteroatoms. The minimum atomic E-state index is -0.290. The highest BCUT2D eigenvalue weighted by molar-refractivity contribution is 5.54.